The minimum Gasteiger partial charge on any atom is -0.291 e. The monoisotopic (exact) mass is 374 g/mol. The molecule has 2 aromatic heterocycles. The van der Waals surface area contributed by atoms with Crippen LogP contribution in [0.4, 0.5) is 17.1 Å². The van der Waals surface area contributed by atoms with Gasteiger partial charge in [-0.2, -0.15) is 0 Å². The summed E-state index contributed by atoms with van der Waals surface area (Å²) in [5.41, 5.74) is -2.47. The maximum absolute atomic E-state index is 12.0. The largest absolute Gasteiger partial charge is 0.365 e. The molecule has 0 aliphatic rings. The number of aromatic nitrogens is 4. The molecule has 0 bridgehead atoms. The van der Waals surface area contributed by atoms with Crippen molar-refractivity contribution in [3.63, 3.8) is 0 Å². The molecule has 27 heavy (non-hydrogen) atoms. The number of benzene rings is 1. The second-order valence-corrected chi connectivity index (χ2v) is 5.20. The van der Waals surface area contributed by atoms with E-state index < -0.39 is 37.4 Å². The van der Waals surface area contributed by atoms with Crippen molar-refractivity contribution >= 4 is 28.1 Å². The number of nitro benzene ring substituents is 2. The molecular formula is C13H8N7O7+. The van der Waals surface area contributed by atoms with Crippen molar-refractivity contribution in [3.8, 4) is 0 Å². The van der Waals surface area contributed by atoms with Gasteiger partial charge in [0.2, 0.25) is 11.7 Å². The van der Waals surface area contributed by atoms with Gasteiger partial charge in [0.1, 0.15) is 12.7 Å². The highest BCUT2D eigenvalue weighted by atomic mass is 16.6. The predicted octanol–water partition coefficient (Wildman–Crippen LogP) is 0.378. The first kappa shape index (κ1) is 17.5. The van der Waals surface area contributed by atoms with Gasteiger partial charge < -0.3 is 0 Å². The van der Waals surface area contributed by atoms with Gasteiger partial charge in [-0.05, 0) is 11.1 Å². The zero-order valence-corrected chi connectivity index (χ0v) is 13.1. The zero-order valence-electron chi connectivity index (χ0n) is 13.1. The van der Waals surface area contributed by atoms with E-state index in [4.69, 9.17) is 0 Å². The fraction of sp³-hybridized carbons (Fsp3) is 0.0769. The Morgan fingerprint density at radius 2 is 1.74 bits per heavy atom. The summed E-state index contributed by atoms with van der Waals surface area (Å²) in [5, 5.41) is 36.6. The van der Waals surface area contributed by atoms with Crippen molar-refractivity contribution < 1.29 is 19.5 Å². The van der Waals surface area contributed by atoms with Crippen LogP contribution in [0, 0.1) is 30.3 Å². The first-order valence-corrected chi connectivity index (χ1v) is 7.12. The first-order chi connectivity index (χ1) is 12.8. The fourth-order valence-electron chi connectivity index (χ4n) is 2.45. The van der Waals surface area contributed by atoms with E-state index in [1.165, 1.54) is 6.07 Å². The summed E-state index contributed by atoms with van der Waals surface area (Å²) in [7, 11) is 0. The lowest BCUT2D eigenvalue weighted by molar-refractivity contribution is -0.724. The van der Waals surface area contributed by atoms with Crippen LogP contribution in [-0.4, -0.2) is 29.8 Å². The van der Waals surface area contributed by atoms with E-state index >= 15 is 0 Å². The average molecular weight is 374 g/mol. The quantitative estimate of drug-likeness (QED) is 0.373. The maximum atomic E-state index is 12.0. The summed E-state index contributed by atoms with van der Waals surface area (Å²) in [6.07, 6.45) is 1.84. The van der Waals surface area contributed by atoms with E-state index in [9.17, 15) is 35.1 Å². The molecule has 0 saturated carbocycles. The molecule has 0 aliphatic carbocycles. The second-order valence-electron chi connectivity index (χ2n) is 5.20. The van der Waals surface area contributed by atoms with E-state index in [2.05, 4.69) is 15.1 Å². The van der Waals surface area contributed by atoms with Gasteiger partial charge >= 0.3 is 11.3 Å². The Bertz CT molecular complexity index is 1170. The minimum absolute atomic E-state index is 0.0420. The lowest BCUT2D eigenvalue weighted by Crippen LogP contribution is -2.41. The molecule has 2 heterocycles. The standard InChI is InChI=1S/C13H7N7O7/c21-13-11-10(20(26)27)4-16-17(12(11)14-6-15-13)5-7-1-2-8(18(22)23)3-9(7)19(24)25/h1-4,6H,5H2/p+1. The molecule has 0 spiro atoms. The number of hydrogen-bond acceptors (Lipinski definition) is 9. The summed E-state index contributed by atoms with van der Waals surface area (Å²) in [6, 6.07) is 3.05. The molecule has 136 valence electrons. The molecule has 0 radical (unpaired) electrons. The number of fused-ring (bicyclic) bond motifs is 1. The zero-order chi connectivity index (χ0) is 19.7. The Morgan fingerprint density at radius 1 is 1.04 bits per heavy atom. The van der Waals surface area contributed by atoms with Crippen LogP contribution < -0.4 is 10.2 Å². The van der Waals surface area contributed by atoms with Crippen molar-refractivity contribution in [1.82, 2.24) is 15.1 Å². The van der Waals surface area contributed by atoms with Crippen molar-refractivity contribution in [2.45, 2.75) is 6.54 Å². The Labute approximate surface area is 147 Å². The second kappa shape index (κ2) is 6.51. The van der Waals surface area contributed by atoms with Crippen LogP contribution in [0.3, 0.4) is 0 Å². The van der Waals surface area contributed by atoms with Gasteiger partial charge in [0.15, 0.2) is 0 Å². The minimum atomic E-state index is -0.801. The van der Waals surface area contributed by atoms with Crippen molar-refractivity contribution in [2.75, 3.05) is 0 Å². The van der Waals surface area contributed by atoms with Crippen LogP contribution in [0.1, 0.15) is 5.56 Å². The summed E-state index contributed by atoms with van der Waals surface area (Å²) < 4.78 is 1.06. The van der Waals surface area contributed by atoms with Gasteiger partial charge in [-0.15, -0.1) is 4.68 Å². The predicted molar refractivity (Wildman–Crippen MR) is 85.9 cm³/mol. The fourth-order valence-corrected chi connectivity index (χ4v) is 2.45. The number of H-pyrrole nitrogens is 1. The van der Waals surface area contributed by atoms with Gasteiger partial charge in [0.25, 0.3) is 16.9 Å². The Kier molecular flexibility index (Phi) is 4.21. The molecule has 14 nitrogen and oxygen atoms in total. The number of nitrogens with zero attached hydrogens (tertiary/aromatic N) is 6. The molecule has 0 unspecified atom stereocenters. The summed E-state index contributed by atoms with van der Waals surface area (Å²) in [4.78, 5) is 48.8. The number of non-ortho nitro benzene ring substituents is 1. The van der Waals surface area contributed by atoms with Crippen LogP contribution in [0.5, 0.6) is 0 Å². The number of nitro groups is 3. The maximum Gasteiger partial charge on any atom is 0.365 e. The molecule has 0 atom stereocenters. The molecule has 0 fully saturated rings. The molecule has 1 aromatic carbocycles. The first-order valence-electron chi connectivity index (χ1n) is 7.12. The summed E-state index contributed by atoms with van der Waals surface area (Å²) in [6.45, 7) is -0.292. The smallest absolute Gasteiger partial charge is 0.291 e. The summed E-state index contributed by atoms with van der Waals surface area (Å²) >= 11 is 0. The third kappa shape index (κ3) is 3.13. The lowest BCUT2D eigenvalue weighted by Gasteiger charge is -2.03. The van der Waals surface area contributed by atoms with E-state index in [1.54, 1.807) is 0 Å². The van der Waals surface area contributed by atoms with Crippen molar-refractivity contribution in [1.29, 1.82) is 0 Å². The number of nitrogens with one attached hydrogen (secondary N) is 1. The number of aromatic amines is 1. The van der Waals surface area contributed by atoms with Crippen LogP contribution in [0.25, 0.3) is 11.0 Å². The van der Waals surface area contributed by atoms with Crippen LogP contribution in [0.15, 0.2) is 35.5 Å². The van der Waals surface area contributed by atoms with E-state index in [0.717, 1.165) is 29.3 Å². The van der Waals surface area contributed by atoms with Crippen LogP contribution in [-0.2, 0) is 6.54 Å². The molecule has 14 heteroatoms. The third-order valence-electron chi connectivity index (χ3n) is 3.65. The van der Waals surface area contributed by atoms with Gasteiger partial charge in [-0.25, -0.2) is 0 Å². The van der Waals surface area contributed by atoms with E-state index in [0.29, 0.717) is 0 Å². The number of hydrogen-bond donors (Lipinski definition) is 1. The van der Waals surface area contributed by atoms with Crippen molar-refractivity contribution in [3.05, 3.63) is 77.0 Å². The van der Waals surface area contributed by atoms with Gasteiger partial charge in [-0.1, -0.05) is 5.10 Å². The topological polar surface area (TPSA) is 192 Å². The van der Waals surface area contributed by atoms with Crippen LogP contribution >= 0.6 is 0 Å². The van der Waals surface area contributed by atoms with Crippen molar-refractivity contribution in [2.24, 2.45) is 0 Å². The van der Waals surface area contributed by atoms with Gasteiger partial charge in [0, 0.05) is 6.07 Å². The van der Waals surface area contributed by atoms with E-state index in [1.807, 2.05) is 0 Å². The molecule has 0 saturated heterocycles. The Balaban J connectivity index is 2.19. The Morgan fingerprint density at radius 3 is 2.37 bits per heavy atom. The highest BCUT2D eigenvalue weighted by Gasteiger charge is 2.28. The molecule has 1 N–H and O–H groups in total. The average Bonchev–Trinajstić information content (AvgIpc) is 2.62. The van der Waals surface area contributed by atoms with Gasteiger partial charge in [0.05, 0.1) is 26.4 Å². The molecule has 3 rings (SSSR count). The molecule has 0 amide bonds. The molecule has 3 aromatic rings. The SMILES string of the molecule is O=c1[nH]cnc2c1c([N+](=O)[O-])cn[n+]2Cc1ccc([N+](=O)[O-])cc1[N+](=O)[O-]. The van der Waals surface area contributed by atoms with Crippen LogP contribution in [0.2, 0.25) is 0 Å². The number of rotatable bonds is 5. The molecule has 0 aliphatic heterocycles. The van der Waals surface area contributed by atoms with Gasteiger partial charge in [-0.3, -0.25) is 40.1 Å². The lowest BCUT2D eigenvalue weighted by atomic mass is 10.1. The summed E-state index contributed by atoms with van der Waals surface area (Å²) in [5.74, 6) is 0. The van der Waals surface area contributed by atoms with E-state index in [-0.39, 0.29) is 23.1 Å². The Hall–Kier alpha value is -4.36. The molecular weight excluding hydrogens is 366 g/mol. The highest BCUT2D eigenvalue weighted by molar-refractivity contribution is 5.80. The normalized spacial score (nSPS) is 10.7. The third-order valence-corrected chi connectivity index (χ3v) is 3.65. The highest BCUT2D eigenvalue weighted by Crippen LogP contribution is 2.25.